The Morgan fingerprint density at radius 1 is 1.59 bits per heavy atom. The fraction of sp³-hybridized carbons (Fsp3) is 0.667. The van der Waals surface area contributed by atoms with E-state index in [1.54, 1.807) is 4.90 Å². The van der Waals surface area contributed by atoms with E-state index in [0.717, 1.165) is 12.8 Å². The molecule has 0 aliphatic heterocycles. The molecular formula is C12H20N2O3. The largest absolute Gasteiger partial charge is 0.431 e. The third kappa shape index (κ3) is 3.56. The number of hydrogen-bond acceptors (Lipinski definition) is 4. The number of aliphatic hydroxyl groups excluding tert-OH is 1. The minimum absolute atomic E-state index is 0.00945. The van der Waals surface area contributed by atoms with Gasteiger partial charge in [-0.1, -0.05) is 27.2 Å². The number of unbranched alkanes of at least 4 members (excludes halogenated alkanes) is 1. The van der Waals surface area contributed by atoms with E-state index >= 15 is 0 Å². The van der Waals surface area contributed by atoms with Crippen molar-refractivity contribution in [3.8, 4) is 0 Å². The number of carbonyl (C=O) groups excluding carboxylic acids is 1. The second-order valence-electron chi connectivity index (χ2n) is 4.28. The van der Waals surface area contributed by atoms with Gasteiger partial charge >= 0.3 is 6.01 Å². The molecule has 5 heteroatoms. The summed E-state index contributed by atoms with van der Waals surface area (Å²) >= 11 is 0. The number of nitrogens with zero attached hydrogens (tertiary/aromatic N) is 2. The van der Waals surface area contributed by atoms with Crippen molar-refractivity contribution in [3.05, 3.63) is 12.0 Å². The maximum absolute atomic E-state index is 12.0. The van der Waals surface area contributed by atoms with Crippen molar-refractivity contribution in [1.29, 1.82) is 0 Å². The van der Waals surface area contributed by atoms with Crippen LogP contribution in [-0.4, -0.2) is 22.5 Å². The Morgan fingerprint density at radius 2 is 2.29 bits per heavy atom. The van der Waals surface area contributed by atoms with Crippen molar-refractivity contribution in [1.82, 2.24) is 4.98 Å². The molecule has 1 aromatic rings. The maximum atomic E-state index is 12.0. The van der Waals surface area contributed by atoms with Crippen LogP contribution in [0.4, 0.5) is 6.01 Å². The number of rotatable bonds is 6. The van der Waals surface area contributed by atoms with E-state index in [1.807, 2.05) is 13.8 Å². The number of amides is 1. The molecule has 0 fully saturated rings. The van der Waals surface area contributed by atoms with Gasteiger partial charge in [0.25, 0.3) is 0 Å². The van der Waals surface area contributed by atoms with Crippen LogP contribution in [0.15, 0.2) is 10.7 Å². The Kier molecular flexibility index (Phi) is 5.15. The first-order valence-corrected chi connectivity index (χ1v) is 5.96. The smallest absolute Gasteiger partial charge is 0.304 e. The van der Waals surface area contributed by atoms with E-state index in [2.05, 4.69) is 11.9 Å². The van der Waals surface area contributed by atoms with Gasteiger partial charge in [-0.15, -0.1) is 0 Å². The summed E-state index contributed by atoms with van der Waals surface area (Å²) in [5, 5.41) is 8.93. The van der Waals surface area contributed by atoms with Crippen molar-refractivity contribution in [2.45, 2.75) is 40.2 Å². The zero-order valence-electron chi connectivity index (χ0n) is 10.6. The lowest BCUT2D eigenvalue weighted by atomic mass is 10.2. The Bertz CT molecular complexity index is 360. The summed E-state index contributed by atoms with van der Waals surface area (Å²) < 4.78 is 5.22. The van der Waals surface area contributed by atoms with Gasteiger partial charge in [-0.25, -0.2) is 0 Å². The molecule has 1 N–H and O–H groups in total. The molecule has 0 radical (unpaired) electrons. The molecule has 17 heavy (non-hydrogen) atoms. The number of anilines is 1. The summed E-state index contributed by atoms with van der Waals surface area (Å²) in [5.74, 6) is -0.110. The lowest BCUT2D eigenvalue weighted by Gasteiger charge is -2.20. The van der Waals surface area contributed by atoms with Gasteiger partial charge in [-0.2, -0.15) is 4.98 Å². The fourth-order valence-corrected chi connectivity index (χ4v) is 1.42. The van der Waals surface area contributed by atoms with Crippen LogP contribution in [0.2, 0.25) is 0 Å². The van der Waals surface area contributed by atoms with Gasteiger partial charge in [0.1, 0.15) is 12.0 Å². The van der Waals surface area contributed by atoms with Gasteiger partial charge in [0.2, 0.25) is 5.91 Å². The highest BCUT2D eigenvalue weighted by Crippen LogP contribution is 2.17. The van der Waals surface area contributed by atoms with Crippen LogP contribution < -0.4 is 4.90 Å². The Labute approximate surface area is 101 Å². The zero-order chi connectivity index (χ0) is 12.8. The quantitative estimate of drug-likeness (QED) is 0.825. The second kappa shape index (κ2) is 6.39. The number of aromatic nitrogens is 1. The van der Waals surface area contributed by atoms with Gasteiger partial charge in [0.15, 0.2) is 0 Å². The number of oxazole rings is 1. The van der Waals surface area contributed by atoms with Crippen LogP contribution in [0.3, 0.4) is 0 Å². The molecule has 1 aromatic heterocycles. The highest BCUT2D eigenvalue weighted by Gasteiger charge is 2.22. The summed E-state index contributed by atoms with van der Waals surface area (Å²) in [5.41, 5.74) is 0.443. The second-order valence-corrected chi connectivity index (χ2v) is 4.28. The molecule has 5 nitrogen and oxygen atoms in total. The molecule has 0 atom stereocenters. The molecule has 0 unspecified atom stereocenters. The number of hydrogen-bond donors (Lipinski definition) is 1. The summed E-state index contributed by atoms with van der Waals surface area (Å²) in [4.78, 5) is 17.6. The molecule has 0 spiro atoms. The van der Waals surface area contributed by atoms with E-state index in [9.17, 15) is 4.79 Å². The van der Waals surface area contributed by atoms with E-state index < -0.39 is 0 Å². The predicted molar refractivity (Wildman–Crippen MR) is 64.5 cm³/mol. The molecule has 1 rings (SSSR count). The van der Waals surface area contributed by atoms with E-state index in [1.165, 1.54) is 6.26 Å². The molecule has 1 heterocycles. The van der Waals surface area contributed by atoms with E-state index in [4.69, 9.17) is 9.52 Å². The van der Waals surface area contributed by atoms with Crippen LogP contribution in [0.25, 0.3) is 0 Å². The molecule has 0 aromatic carbocycles. The number of carbonyl (C=O) groups is 1. The highest BCUT2D eigenvalue weighted by atomic mass is 16.4. The molecule has 0 bridgehead atoms. The highest BCUT2D eigenvalue weighted by molar-refractivity contribution is 5.92. The first-order chi connectivity index (χ1) is 8.10. The first kappa shape index (κ1) is 13.7. The van der Waals surface area contributed by atoms with Crippen molar-refractivity contribution in [2.24, 2.45) is 5.92 Å². The maximum Gasteiger partial charge on any atom is 0.304 e. The standard InChI is InChI=1S/C12H20N2O3/c1-4-5-6-14(11(16)9(2)3)12-13-10(7-15)8-17-12/h8-9,15H,4-7H2,1-3H3. The van der Waals surface area contributed by atoms with Gasteiger partial charge in [-0.3, -0.25) is 9.69 Å². The molecule has 0 aliphatic rings. The van der Waals surface area contributed by atoms with Crippen molar-refractivity contribution < 1.29 is 14.3 Å². The van der Waals surface area contributed by atoms with Crippen LogP contribution in [0, 0.1) is 5.92 Å². The Balaban J connectivity index is 2.85. The zero-order valence-corrected chi connectivity index (χ0v) is 10.6. The minimum Gasteiger partial charge on any atom is -0.431 e. The average molecular weight is 240 g/mol. The normalized spacial score (nSPS) is 10.9. The summed E-state index contributed by atoms with van der Waals surface area (Å²) in [6.07, 6.45) is 3.27. The van der Waals surface area contributed by atoms with Crippen LogP contribution in [-0.2, 0) is 11.4 Å². The van der Waals surface area contributed by atoms with Crippen LogP contribution in [0.5, 0.6) is 0 Å². The third-order valence-electron chi connectivity index (χ3n) is 2.43. The van der Waals surface area contributed by atoms with Crippen molar-refractivity contribution in [2.75, 3.05) is 11.4 Å². The predicted octanol–water partition coefficient (Wildman–Crippen LogP) is 1.96. The van der Waals surface area contributed by atoms with E-state index in [-0.39, 0.29) is 24.4 Å². The lowest BCUT2D eigenvalue weighted by Crippen LogP contribution is -2.35. The molecular weight excluding hydrogens is 220 g/mol. The van der Waals surface area contributed by atoms with Gasteiger partial charge in [0.05, 0.1) is 6.61 Å². The molecule has 0 saturated carbocycles. The Hall–Kier alpha value is -1.36. The first-order valence-electron chi connectivity index (χ1n) is 5.96. The van der Waals surface area contributed by atoms with Crippen molar-refractivity contribution >= 4 is 11.9 Å². The molecule has 0 saturated heterocycles. The molecule has 0 aliphatic carbocycles. The number of aliphatic hydroxyl groups is 1. The van der Waals surface area contributed by atoms with E-state index in [0.29, 0.717) is 12.2 Å². The lowest BCUT2D eigenvalue weighted by molar-refractivity contribution is -0.121. The van der Waals surface area contributed by atoms with Gasteiger partial charge in [0, 0.05) is 12.5 Å². The third-order valence-corrected chi connectivity index (χ3v) is 2.43. The molecule has 96 valence electrons. The van der Waals surface area contributed by atoms with Crippen LogP contribution in [0.1, 0.15) is 39.3 Å². The monoisotopic (exact) mass is 240 g/mol. The fourth-order valence-electron chi connectivity index (χ4n) is 1.42. The topological polar surface area (TPSA) is 66.6 Å². The molecule has 1 amide bonds. The van der Waals surface area contributed by atoms with Gasteiger partial charge < -0.3 is 9.52 Å². The SMILES string of the molecule is CCCCN(C(=O)C(C)C)c1nc(CO)co1. The Morgan fingerprint density at radius 3 is 2.76 bits per heavy atom. The average Bonchev–Trinajstić information content (AvgIpc) is 2.77. The van der Waals surface area contributed by atoms with Gasteiger partial charge in [-0.05, 0) is 6.42 Å². The summed E-state index contributed by atoms with van der Waals surface area (Å²) in [6, 6.07) is 0.279. The van der Waals surface area contributed by atoms with Crippen LogP contribution >= 0.6 is 0 Å². The van der Waals surface area contributed by atoms with Crippen molar-refractivity contribution in [3.63, 3.8) is 0 Å². The minimum atomic E-state index is -0.180. The summed E-state index contributed by atoms with van der Waals surface area (Å²) in [6.45, 7) is 6.17. The summed E-state index contributed by atoms with van der Waals surface area (Å²) in [7, 11) is 0.